The Bertz CT molecular complexity index is 703. The fourth-order valence-electron chi connectivity index (χ4n) is 1.50. The molecule has 1 N–H and O–H groups in total. The van der Waals surface area contributed by atoms with Crippen LogP contribution in [-0.2, 0) is 0 Å². The predicted molar refractivity (Wildman–Crippen MR) is 65.9 cm³/mol. The van der Waals surface area contributed by atoms with Crippen LogP contribution in [-0.4, -0.2) is 29.2 Å². The van der Waals surface area contributed by atoms with E-state index in [0.29, 0.717) is 17.1 Å². The zero-order chi connectivity index (χ0) is 13.8. The van der Waals surface area contributed by atoms with E-state index in [1.807, 2.05) is 6.07 Å². The van der Waals surface area contributed by atoms with Crippen molar-refractivity contribution in [2.24, 2.45) is 0 Å². The number of aromatic amines is 1. The van der Waals surface area contributed by atoms with Crippen LogP contribution in [0.5, 0.6) is 11.8 Å². The first-order valence-electron chi connectivity index (χ1n) is 5.27. The van der Waals surface area contributed by atoms with Crippen molar-refractivity contribution in [1.82, 2.24) is 15.0 Å². The van der Waals surface area contributed by atoms with E-state index >= 15 is 0 Å². The summed E-state index contributed by atoms with van der Waals surface area (Å²) in [6.45, 7) is 0. The second-order valence-corrected chi connectivity index (χ2v) is 3.51. The van der Waals surface area contributed by atoms with E-state index in [1.54, 1.807) is 0 Å². The first kappa shape index (κ1) is 12.6. The van der Waals surface area contributed by atoms with Crippen LogP contribution in [0, 0.1) is 11.3 Å². The number of hydrogen-bond acceptors (Lipinski definition) is 6. The molecule has 7 nitrogen and oxygen atoms in total. The van der Waals surface area contributed by atoms with Gasteiger partial charge >= 0.3 is 0 Å². The molecule has 0 bridgehead atoms. The third-order valence-electron chi connectivity index (χ3n) is 2.42. The fourth-order valence-corrected chi connectivity index (χ4v) is 1.50. The number of H-pyrrole nitrogens is 1. The van der Waals surface area contributed by atoms with Crippen molar-refractivity contribution in [3.05, 3.63) is 34.4 Å². The standard InChI is InChI=1S/C12H10N4O3/c1-18-9-6-15-12(19-2)10(16-9)8-3-7(4-13)11(17)14-5-8/h3,5-6H,1-2H3,(H,14,17). The molecule has 2 heterocycles. The molecule has 2 rings (SSSR count). The van der Waals surface area contributed by atoms with Gasteiger partial charge in [-0.3, -0.25) is 4.79 Å². The predicted octanol–water partition coefficient (Wildman–Crippen LogP) is 0.721. The maximum atomic E-state index is 11.3. The second kappa shape index (κ2) is 5.18. The normalized spacial score (nSPS) is 9.74. The Labute approximate surface area is 108 Å². The molecule has 0 spiro atoms. The summed E-state index contributed by atoms with van der Waals surface area (Å²) in [7, 11) is 2.92. The summed E-state index contributed by atoms with van der Waals surface area (Å²) in [6, 6.07) is 3.23. The van der Waals surface area contributed by atoms with E-state index in [1.165, 1.54) is 32.7 Å². The minimum Gasteiger partial charge on any atom is -0.480 e. The SMILES string of the molecule is COc1cnc(OC)c(-c2c[nH]c(=O)c(C#N)c2)n1. The van der Waals surface area contributed by atoms with E-state index in [9.17, 15) is 4.79 Å². The summed E-state index contributed by atoms with van der Waals surface area (Å²) >= 11 is 0. The number of methoxy groups -OCH3 is 2. The number of nitriles is 1. The molecule has 0 aliphatic heterocycles. The highest BCUT2D eigenvalue weighted by Gasteiger charge is 2.13. The zero-order valence-electron chi connectivity index (χ0n) is 10.3. The monoisotopic (exact) mass is 258 g/mol. The van der Waals surface area contributed by atoms with Crippen molar-refractivity contribution in [3.8, 4) is 29.1 Å². The molecule has 0 unspecified atom stereocenters. The summed E-state index contributed by atoms with van der Waals surface area (Å²) in [5, 5.41) is 8.86. The smallest absolute Gasteiger partial charge is 0.265 e. The van der Waals surface area contributed by atoms with E-state index in [2.05, 4.69) is 15.0 Å². The molecule has 0 aliphatic rings. The molecule has 0 atom stereocenters. The molecule has 0 radical (unpaired) electrons. The highest BCUT2D eigenvalue weighted by molar-refractivity contribution is 5.65. The van der Waals surface area contributed by atoms with Crippen LogP contribution in [0.4, 0.5) is 0 Å². The third-order valence-corrected chi connectivity index (χ3v) is 2.42. The Kier molecular flexibility index (Phi) is 3.43. The molecule has 0 fully saturated rings. The van der Waals surface area contributed by atoms with Crippen LogP contribution >= 0.6 is 0 Å². The molecule has 19 heavy (non-hydrogen) atoms. The molecule has 96 valence electrons. The van der Waals surface area contributed by atoms with Crippen LogP contribution in [0.2, 0.25) is 0 Å². The second-order valence-electron chi connectivity index (χ2n) is 3.51. The van der Waals surface area contributed by atoms with Crippen LogP contribution in [0.25, 0.3) is 11.3 Å². The summed E-state index contributed by atoms with van der Waals surface area (Å²) in [5.41, 5.74) is 0.430. The van der Waals surface area contributed by atoms with E-state index in [0.717, 1.165) is 0 Å². The first-order valence-corrected chi connectivity index (χ1v) is 5.27. The number of aromatic nitrogens is 3. The summed E-state index contributed by atoms with van der Waals surface area (Å²) in [4.78, 5) is 22.0. The Morgan fingerprint density at radius 3 is 2.79 bits per heavy atom. The molecule has 0 aliphatic carbocycles. The van der Waals surface area contributed by atoms with Gasteiger partial charge in [-0.1, -0.05) is 0 Å². The largest absolute Gasteiger partial charge is 0.480 e. The minimum absolute atomic E-state index is 0.0100. The van der Waals surface area contributed by atoms with Crippen molar-refractivity contribution in [2.45, 2.75) is 0 Å². The first-order chi connectivity index (χ1) is 9.19. The molecule has 2 aromatic rings. The summed E-state index contributed by atoms with van der Waals surface area (Å²) in [6.07, 6.45) is 2.86. The average molecular weight is 258 g/mol. The molecular weight excluding hydrogens is 248 g/mol. The number of rotatable bonds is 3. The van der Waals surface area contributed by atoms with E-state index in [4.69, 9.17) is 14.7 Å². The topological polar surface area (TPSA) is 101 Å². The maximum absolute atomic E-state index is 11.3. The van der Waals surface area contributed by atoms with Gasteiger partial charge < -0.3 is 14.5 Å². The highest BCUT2D eigenvalue weighted by atomic mass is 16.5. The Balaban J connectivity index is 2.63. The lowest BCUT2D eigenvalue weighted by atomic mass is 10.1. The van der Waals surface area contributed by atoms with Gasteiger partial charge in [0.1, 0.15) is 17.3 Å². The van der Waals surface area contributed by atoms with Crippen LogP contribution < -0.4 is 15.0 Å². The number of hydrogen-bond donors (Lipinski definition) is 1. The van der Waals surface area contributed by atoms with Crippen LogP contribution in [0.3, 0.4) is 0 Å². The van der Waals surface area contributed by atoms with Gasteiger partial charge in [0.15, 0.2) is 0 Å². The highest BCUT2D eigenvalue weighted by Crippen LogP contribution is 2.26. The van der Waals surface area contributed by atoms with Crippen molar-refractivity contribution in [3.63, 3.8) is 0 Å². The van der Waals surface area contributed by atoms with Crippen molar-refractivity contribution < 1.29 is 9.47 Å². The molecule has 0 aromatic carbocycles. The molecule has 7 heteroatoms. The minimum atomic E-state index is -0.457. The van der Waals surface area contributed by atoms with Gasteiger partial charge in [0.25, 0.3) is 5.56 Å². The molecule has 0 saturated heterocycles. The van der Waals surface area contributed by atoms with Crippen molar-refractivity contribution >= 4 is 0 Å². The Morgan fingerprint density at radius 2 is 2.16 bits per heavy atom. The number of nitrogens with zero attached hydrogens (tertiary/aromatic N) is 3. The lowest BCUT2D eigenvalue weighted by Gasteiger charge is -2.08. The lowest BCUT2D eigenvalue weighted by molar-refractivity contribution is 0.377. The molecular formula is C12H10N4O3. The van der Waals surface area contributed by atoms with Gasteiger partial charge in [-0.25, -0.2) is 9.97 Å². The zero-order valence-corrected chi connectivity index (χ0v) is 10.3. The quantitative estimate of drug-likeness (QED) is 0.870. The van der Waals surface area contributed by atoms with Gasteiger partial charge in [0, 0.05) is 11.8 Å². The van der Waals surface area contributed by atoms with Gasteiger partial charge in [0.05, 0.1) is 20.4 Å². The van der Waals surface area contributed by atoms with Gasteiger partial charge in [-0.05, 0) is 6.07 Å². The van der Waals surface area contributed by atoms with E-state index < -0.39 is 5.56 Å². The third kappa shape index (κ3) is 2.37. The summed E-state index contributed by atoms with van der Waals surface area (Å²) in [5.74, 6) is 0.581. The van der Waals surface area contributed by atoms with Gasteiger partial charge in [-0.15, -0.1) is 0 Å². The van der Waals surface area contributed by atoms with E-state index in [-0.39, 0.29) is 11.4 Å². The van der Waals surface area contributed by atoms with Crippen molar-refractivity contribution in [1.29, 1.82) is 5.26 Å². The van der Waals surface area contributed by atoms with Gasteiger partial charge in [0.2, 0.25) is 11.8 Å². The van der Waals surface area contributed by atoms with Crippen molar-refractivity contribution in [2.75, 3.05) is 14.2 Å². The molecule has 0 amide bonds. The Morgan fingerprint density at radius 1 is 1.37 bits per heavy atom. The fraction of sp³-hybridized carbons (Fsp3) is 0.167. The molecule has 0 saturated carbocycles. The lowest BCUT2D eigenvalue weighted by Crippen LogP contribution is -2.09. The number of nitrogens with one attached hydrogen (secondary N) is 1. The number of pyridine rings is 1. The molecule has 2 aromatic heterocycles. The van der Waals surface area contributed by atoms with Crippen LogP contribution in [0.15, 0.2) is 23.3 Å². The Hall–Kier alpha value is -2.88. The average Bonchev–Trinajstić information content (AvgIpc) is 2.47. The van der Waals surface area contributed by atoms with Gasteiger partial charge in [-0.2, -0.15) is 5.26 Å². The summed E-state index contributed by atoms with van der Waals surface area (Å²) < 4.78 is 10.1. The number of ether oxygens (including phenoxy) is 2. The maximum Gasteiger partial charge on any atom is 0.265 e. The van der Waals surface area contributed by atoms with Crippen LogP contribution in [0.1, 0.15) is 5.56 Å².